The monoisotopic (exact) mass is 279 g/mol. The molecule has 1 atom stereocenters. The molecule has 2 N–H and O–H groups in total. The van der Waals surface area contributed by atoms with Crippen molar-refractivity contribution in [2.24, 2.45) is 0 Å². The molecule has 1 heterocycles. The summed E-state index contributed by atoms with van der Waals surface area (Å²) in [5, 5.41) is 6.02. The minimum atomic E-state index is -0.390. The molecule has 0 aliphatic carbocycles. The average molecular weight is 279 g/mol. The second-order valence-corrected chi connectivity index (χ2v) is 6.12. The first-order valence-electron chi connectivity index (χ1n) is 6.89. The molecule has 0 aliphatic heterocycles. The van der Waals surface area contributed by atoms with E-state index in [1.54, 1.807) is 13.1 Å². The molecule has 112 valence electrons. The fraction of sp³-hybridized carbons (Fsp3) is 0.600. The predicted molar refractivity (Wildman–Crippen MR) is 81.0 cm³/mol. The van der Waals surface area contributed by atoms with Crippen molar-refractivity contribution < 1.29 is 9.53 Å². The summed E-state index contributed by atoms with van der Waals surface area (Å²) in [7, 11) is 0. The lowest BCUT2D eigenvalue weighted by molar-refractivity contribution is -0.122. The Hall–Kier alpha value is -1.78. The summed E-state index contributed by atoms with van der Waals surface area (Å²) in [5.41, 5.74) is -0.256. The summed E-state index contributed by atoms with van der Waals surface area (Å²) in [4.78, 5) is 16.3. The van der Waals surface area contributed by atoms with Crippen molar-refractivity contribution in [2.75, 3.05) is 5.32 Å². The van der Waals surface area contributed by atoms with E-state index >= 15 is 0 Å². The van der Waals surface area contributed by atoms with Gasteiger partial charge in [0.15, 0.2) is 11.6 Å². The molecule has 1 aromatic rings. The zero-order valence-corrected chi connectivity index (χ0v) is 13.2. The van der Waals surface area contributed by atoms with Crippen molar-refractivity contribution in [3.05, 3.63) is 18.3 Å². The van der Waals surface area contributed by atoms with Gasteiger partial charge in [0.2, 0.25) is 5.91 Å². The molecule has 0 saturated heterocycles. The smallest absolute Gasteiger partial charge is 0.242 e. The number of ether oxygens (including phenoxy) is 1. The molecule has 0 fully saturated rings. The van der Waals surface area contributed by atoms with Gasteiger partial charge in [-0.3, -0.25) is 4.79 Å². The standard InChI is InChI=1S/C15H25N3O2/c1-10(2)20-12-8-7-9-16-13(12)17-11(3)14(19)18-15(4,5)6/h7-11H,1-6H3,(H,16,17)(H,18,19). The van der Waals surface area contributed by atoms with E-state index in [2.05, 4.69) is 15.6 Å². The molecule has 0 aliphatic rings. The fourth-order valence-corrected chi connectivity index (χ4v) is 1.60. The zero-order chi connectivity index (χ0) is 15.3. The van der Waals surface area contributed by atoms with Gasteiger partial charge >= 0.3 is 0 Å². The Bertz CT molecular complexity index is 453. The summed E-state index contributed by atoms with van der Waals surface area (Å²) in [6.45, 7) is 11.6. The van der Waals surface area contributed by atoms with Gasteiger partial charge in [0.05, 0.1) is 6.10 Å². The lowest BCUT2D eigenvalue weighted by atomic mass is 10.1. The largest absolute Gasteiger partial charge is 0.487 e. The third kappa shape index (κ3) is 5.47. The number of carbonyl (C=O) groups excluding carboxylic acids is 1. The summed E-state index contributed by atoms with van der Waals surface area (Å²) in [6, 6.07) is 3.26. The van der Waals surface area contributed by atoms with Gasteiger partial charge in [-0.2, -0.15) is 0 Å². The van der Waals surface area contributed by atoms with Crippen molar-refractivity contribution in [3.8, 4) is 5.75 Å². The molecule has 5 heteroatoms. The van der Waals surface area contributed by atoms with Gasteiger partial charge in [0.25, 0.3) is 0 Å². The number of carbonyl (C=O) groups is 1. The van der Waals surface area contributed by atoms with Crippen LogP contribution in [0, 0.1) is 0 Å². The number of anilines is 1. The van der Waals surface area contributed by atoms with Gasteiger partial charge in [-0.15, -0.1) is 0 Å². The van der Waals surface area contributed by atoms with E-state index in [1.165, 1.54) is 0 Å². The number of aromatic nitrogens is 1. The predicted octanol–water partition coefficient (Wildman–Crippen LogP) is 2.58. The van der Waals surface area contributed by atoms with Crippen LogP contribution in [0.15, 0.2) is 18.3 Å². The first-order valence-corrected chi connectivity index (χ1v) is 6.89. The molecule has 1 aromatic heterocycles. The Kier molecular flexibility index (Phi) is 5.36. The molecule has 0 radical (unpaired) electrons. The molecule has 0 saturated carbocycles. The minimum Gasteiger partial charge on any atom is -0.487 e. The van der Waals surface area contributed by atoms with Crippen molar-refractivity contribution in [2.45, 2.75) is 59.2 Å². The van der Waals surface area contributed by atoms with Crippen LogP contribution in [0.3, 0.4) is 0 Å². The van der Waals surface area contributed by atoms with E-state index in [0.717, 1.165) is 0 Å². The molecule has 0 aromatic carbocycles. The number of pyridine rings is 1. The molecule has 5 nitrogen and oxygen atoms in total. The van der Waals surface area contributed by atoms with E-state index < -0.39 is 6.04 Å². The van der Waals surface area contributed by atoms with Crippen LogP contribution >= 0.6 is 0 Å². The number of rotatable bonds is 5. The van der Waals surface area contributed by atoms with Crippen LogP contribution in [0.25, 0.3) is 0 Å². The maximum atomic E-state index is 12.1. The summed E-state index contributed by atoms with van der Waals surface area (Å²) >= 11 is 0. The second-order valence-electron chi connectivity index (χ2n) is 6.12. The van der Waals surface area contributed by atoms with Crippen LogP contribution in [-0.2, 0) is 4.79 Å². The van der Waals surface area contributed by atoms with E-state index in [1.807, 2.05) is 46.8 Å². The summed E-state index contributed by atoms with van der Waals surface area (Å²) < 4.78 is 5.67. The first kappa shape index (κ1) is 16.3. The van der Waals surface area contributed by atoms with E-state index in [-0.39, 0.29) is 17.6 Å². The van der Waals surface area contributed by atoms with Crippen molar-refractivity contribution in [3.63, 3.8) is 0 Å². The quantitative estimate of drug-likeness (QED) is 0.869. The van der Waals surface area contributed by atoms with Crippen LogP contribution in [0.5, 0.6) is 5.75 Å². The highest BCUT2D eigenvalue weighted by molar-refractivity contribution is 5.84. The summed E-state index contributed by atoms with van der Waals surface area (Å²) in [5.74, 6) is 1.16. The van der Waals surface area contributed by atoms with Crippen molar-refractivity contribution in [1.29, 1.82) is 0 Å². The second kappa shape index (κ2) is 6.59. The van der Waals surface area contributed by atoms with Gasteiger partial charge < -0.3 is 15.4 Å². The van der Waals surface area contributed by atoms with Gasteiger partial charge in [-0.1, -0.05) is 0 Å². The van der Waals surface area contributed by atoms with E-state index in [4.69, 9.17) is 4.74 Å². The Morgan fingerprint density at radius 3 is 2.50 bits per heavy atom. The van der Waals surface area contributed by atoms with Crippen LogP contribution < -0.4 is 15.4 Å². The van der Waals surface area contributed by atoms with Crippen molar-refractivity contribution in [1.82, 2.24) is 10.3 Å². The highest BCUT2D eigenvalue weighted by Gasteiger charge is 2.20. The first-order chi connectivity index (χ1) is 9.19. The van der Waals surface area contributed by atoms with Crippen molar-refractivity contribution >= 4 is 11.7 Å². The number of amides is 1. The molecule has 0 spiro atoms. The molecule has 1 rings (SSSR count). The SMILES string of the molecule is CC(C)Oc1cccnc1NC(C)C(=O)NC(C)(C)C. The van der Waals surface area contributed by atoms with E-state index in [0.29, 0.717) is 11.6 Å². The number of nitrogens with zero attached hydrogens (tertiary/aromatic N) is 1. The Balaban J connectivity index is 2.75. The van der Waals surface area contributed by atoms with Crippen LogP contribution in [-0.4, -0.2) is 28.6 Å². The summed E-state index contributed by atoms with van der Waals surface area (Å²) in [6.07, 6.45) is 1.72. The lowest BCUT2D eigenvalue weighted by Gasteiger charge is -2.24. The highest BCUT2D eigenvalue weighted by Crippen LogP contribution is 2.22. The number of nitrogens with one attached hydrogen (secondary N) is 2. The lowest BCUT2D eigenvalue weighted by Crippen LogP contribution is -2.47. The van der Waals surface area contributed by atoms with Gasteiger partial charge in [-0.05, 0) is 53.7 Å². The molecule has 0 bridgehead atoms. The zero-order valence-electron chi connectivity index (χ0n) is 13.2. The third-order valence-electron chi connectivity index (χ3n) is 2.38. The molecular weight excluding hydrogens is 254 g/mol. The van der Waals surface area contributed by atoms with E-state index in [9.17, 15) is 4.79 Å². The van der Waals surface area contributed by atoms with Gasteiger partial charge in [0.1, 0.15) is 6.04 Å². The average Bonchev–Trinajstić information content (AvgIpc) is 2.28. The normalized spacial score (nSPS) is 12.9. The maximum Gasteiger partial charge on any atom is 0.242 e. The molecular formula is C15H25N3O2. The third-order valence-corrected chi connectivity index (χ3v) is 2.38. The van der Waals surface area contributed by atoms with Gasteiger partial charge in [0, 0.05) is 11.7 Å². The number of hydrogen-bond acceptors (Lipinski definition) is 4. The Morgan fingerprint density at radius 2 is 1.95 bits per heavy atom. The number of hydrogen-bond donors (Lipinski definition) is 2. The molecule has 20 heavy (non-hydrogen) atoms. The Morgan fingerprint density at radius 1 is 1.30 bits per heavy atom. The van der Waals surface area contributed by atoms with Crippen LogP contribution in [0.2, 0.25) is 0 Å². The highest BCUT2D eigenvalue weighted by atomic mass is 16.5. The molecule has 1 amide bonds. The maximum absolute atomic E-state index is 12.1. The minimum absolute atomic E-state index is 0.0541. The van der Waals surface area contributed by atoms with Gasteiger partial charge in [-0.25, -0.2) is 4.98 Å². The Labute approximate surface area is 121 Å². The molecule has 1 unspecified atom stereocenters. The topological polar surface area (TPSA) is 63.2 Å². The van der Waals surface area contributed by atoms with Crippen LogP contribution in [0.4, 0.5) is 5.82 Å². The fourth-order valence-electron chi connectivity index (χ4n) is 1.60. The van der Waals surface area contributed by atoms with Crippen LogP contribution in [0.1, 0.15) is 41.5 Å².